The molecule has 1 saturated heterocycles. The topological polar surface area (TPSA) is 38.8 Å². The van der Waals surface area contributed by atoms with Crippen molar-refractivity contribution in [1.29, 1.82) is 0 Å². The third kappa shape index (κ3) is 4.35. The number of nitrogens with zero attached hydrogens (tertiary/aromatic N) is 1. The largest absolute Gasteiger partial charge is 0.444 e. The first-order valence-electron chi connectivity index (χ1n) is 8.22. The number of hydrogen-bond donors (Lipinski definition) is 0. The van der Waals surface area contributed by atoms with E-state index in [0.717, 1.165) is 6.42 Å². The maximum Gasteiger partial charge on any atom is 0.412 e. The van der Waals surface area contributed by atoms with Crippen molar-refractivity contribution in [3.63, 3.8) is 0 Å². The van der Waals surface area contributed by atoms with Crippen LogP contribution in [0.2, 0.25) is 0 Å². The first-order chi connectivity index (χ1) is 9.69. The predicted octanol–water partition coefficient (Wildman–Crippen LogP) is 4.49. The highest BCUT2D eigenvalue weighted by molar-refractivity contribution is 5.70. The Morgan fingerprint density at radius 2 is 1.90 bits per heavy atom. The Morgan fingerprint density at radius 1 is 1.29 bits per heavy atom. The summed E-state index contributed by atoms with van der Waals surface area (Å²) in [5.74, 6) is 0.697. The van der Waals surface area contributed by atoms with E-state index in [2.05, 4.69) is 0 Å². The zero-order valence-corrected chi connectivity index (χ0v) is 14.1. The minimum absolute atomic E-state index is 0.0259. The maximum absolute atomic E-state index is 12.5. The second kappa shape index (κ2) is 6.15. The summed E-state index contributed by atoms with van der Waals surface area (Å²) in [4.78, 5) is 14.3. The van der Waals surface area contributed by atoms with Gasteiger partial charge >= 0.3 is 6.09 Å². The Labute approximate surface area is 129 Å². The Bertz CT molecular complexity index is 367. The van der Waals surface area contributed by atoms with Gasteiger partial charge in [-0.2, -0.15) is 0 Å². The number of carbonyl (C=O) groups excluding carboxylic acids is 1. The lowest BCUT2D eigenvalue weighted by atomic mass is 9.84. The zero-order valence-electron chi connectivity index (χ0n) is 14.1. The fourth-order valence-corrected chi connectivity index (χ4v) is 3.35. The van der Waals surface area contributed by atoms with Crippen LogP contribution in [-0.2, 0) is 9.47 Å². The predicted molar refractivity (Wildman–Crippen MR) is 82.5 cm³/mol. The molecule has 1 saturated carbocycles. The van der Waals surface area contributed by atoms with Gasteiger partial charge in [-0.1, -0.05) is 32.1 Å². The van der Waals surface area contributed by atoms with Crippen molar-refractivity contribution in [2.75, 3.05) is 0 Å². The van der Waals surface area contributed by atoms with Crippen molar-refractivity contribution in [3.05, 3.63) is 6.61 Å². The number of carbonyl (C=O) groups is 1. The molecular weight excluding hydrogens is 266 g/mol. The lowest BCUT2D eigenvalue weighted by Gasteiger charge is -2.36. The fraction of sp³-hybridized carbons (Fsp3) is 0.882. The monoisotopic (exact) mass is 296 g/mol. The van der Waals surface area contributed by atoms with E-state index >= 15 is 0 Å². The van der Waals surface area contributed by atoms with Gasteiger partial charge in [-0.25, -0.2) is 4.79 Å². The summed E-state index contributed by atoms with van der Waals surface area (Å²) in [6, 6.07) is 0.0259. The van der Waals surface area contributed by atoms with Crippen LogP contribution in [0.5, 0.6) is 0 Å². The highest BCUT2D eigenvalue weighted by atomic mass is 16.6. The second-order valence-electron chi connectivity index (χ2n) is 7.86. The van der Waals surface area contributed by atoms with Crippen LogP contribution in [-0.4, -0.2) is 28.4 Å². The van der Waals surface area contributed by atoms with E-state index in [1.165, 1.54) is 32.1 Å². The van der Waals surface area contributed by atoms with Gasteiger partial charge < -0.3 is 9.47 Å². The summed E-state index contributed by atoms with van der Waals surface area (Å²) in [7, 11) is 0. The van der Waals surface area contributed by atoms with Gasteiger partial charge in [0.15, 0.2) is 0 Å². The lowest BCUT2D eigenvalue weighted by Crippen LogP contribution is -2.50. The van der Waals surface area contributed by atoms with Gasteiger partial charge in [0.25, 0.3) is 0 Å². The number of rotatable bonds is 2. The maximum atomic E-state index is 12.5. The Balaban J connectivity index is 2.03. The quantitative estimate of drug-likeness (QED) is 0.753. The molecule has 0 bridgehead atoms. The molecule has 0 N–H and O–H groups in total. The molecule has 2 rings (SSSR count). The smallest absolute Gasteiger partial charge is 0.412 e. The van der Waals surface area contributed by atoms with Crippen LogP contribution in [0.1, 0.15) is 73.1 Å². The van der Waals surface area contributed by atoms with Gasteiger partial charge in [0, 0.05) is 0 Å². The lowest BCUT2D eigenvalue weighted by molar-refractivity contribution is -0.0560. The molecule has 0 spiro atoms. The summed E-state index contributed by atoms with van der Waals surface area (Å²) in [5, 5.41) is 0. The van der Waals surface area contributed by atoms with E-state index in [-0.39, 0.29) is 12.1 Å². The molecule has 1 aliphatic carbocycles. The first-order valence-corrected chi connectivity index (χ1v) is 8.22. The molecule has 1 aliphatic heterocycles. The molecular formula is C17H30NO3. The SMILES string of the molecule is CC(C)(C)OC(=O)N1[C@@H](CC2CCCCC2)[CH]OC1(C)C. The zero-order chi connectivity index (χ0) is 15.7. The summed E-state index contributed by atoms with van der Waals surface area (Å²) in [6.45, 7) is 11.4. The molecule has 0 aromatic rings. The van der Waals surface area contributed by atoms with E-state index < -0.39 is 11.3 Å². The van der Waals surface area contributed by atoms with Crippen molar-refractivity contribution in [3.8, 4) is 0 Å². The minimum Gasteiger partial charge on any atom is -0.444 e. The third-order valence-electron chi connectivity index (χ3n) is 4.32. The molecule has 4 heteroatoms. The van der Waals surface area contributed by atoms with E-state index in [4.69, 9.17) is 9.47 Å². The number of ether oxygens (including phenoxy) is 2. The Kier molecular flexibility index (Phi) is 4.86. The normalized spacial score (nSPS) is 26.9. The van der Waals surface area contributed by atoms with Crippen LogP contribution in [0.15, 0.2) is 0 Å². The molecule has 0 aromatic carbocycles. The Morgan fingerprint density at radius 3 is 2.48 bits per heavy atom. The van der Waals surface area contributed by atoms with Gasteiger partial charge in [-0.05, 0) is 47.0 Å². The van der Waals surface area contributed by atoms with Crippen LogP contribution >= 0.6 is 0 Å². The van der Waals surface area contributed by atoms with Crippen molar-refractivity contribution in [1.82, 2.24) is 4.90 Å². The van der Waals surface area contributed by atoms with Crippen LogP contribution in [0, 0.1) is 12.5 Å². The first kappa shape index (κ1) is 16.6. The Hall–Kier alpha value is -0.770. The molecule has 2 aliphatic rings. The molecule has 1 amide bonds. The van der Waals surface area contributed by atoms with Crippen LogP contribution in [0.4, 0.5) is 4.79 Å². The summed E-state index contributed by atoms with van der Waals surface area (Å²) in [6.07, 6.45) is 7.23. The van der Waals surface area contributed by atoms with Crippen molar-refractivity contribution < 1.29 is 14.3 Å². The molecule has 0 aromatic heterocycles. The molecule has 0 unspecified atom stereocenters. The van der Waals surface area contributed by atoms with Crippen LogP contribution < -0.4 is 0 Å². The molecule has 121 valence electrons. The van der Waals surface area contributed by atoms with Crippen molar-refractivity contribution in [2.45, 2.75) is 90.5 Å². The van der Waals surface area contributed by atoms with Crippen molar-refractivity contribution >= 4 is 6.09 Å². The van der Waals surface area contributed by atoms with Gasteiger partial charge in [0.05, 0.1) is 6.04 Å². The standard InChI is InChI=1S/C17H30NO3/c1-16(2,3)21-15(19)18-14(12-20-17(18,4)5)11-13-9-7-6-8-10-13/h12-14H,6-11H2,1-5H3/t14-/m0/s1. The molecule has 2 fully saturated rings. The third-order valence-corrected chi connectivity index (χ3v) is 4.32. The summed E-state index contributed by atoms with van der Waals surface area (Å²) in [5.41, 5.74) is -1.10. The molecule has 1 atom stereocenters. The van der Waals surface area contributed by atoms with Crippen LogP contribution in [0.25, 0.3) is 0 Å². The molecule has 1 radical (unpaired) electrons. The van der Waals surface area contributed by atoms with E-state index in [1.54, 1.807) is 4.90 Å². The number of amides is 1. The second-order valence-corrected chi connectivity index (χ2v) is 7.86. The van der Waals surface area contributed by atoms with Gasteiger partial charge in [0.1, 0.15) is 17.9 Å². The van der Waals surface area contributed by atoms with E-state index in [9.17, 15) is 4.79 Å². The highest BCUT2D eigenvalue weighted by Crippen LogP contribution is 2.37. The number of hydrogen-bond acceptors (Lipinski definition) is 3. The summed E-state index contributed by atoms with van der Waals surface area (Å²) >= 11 is 0. The van der Waals surface area contributed by atoms with Crippen LogP contribution in [0.3, 0.4) is 0 Å². The molecule has 1 heterocycles. The van der Waals surface area contributed by atoms with E-state index in [1.807, 2.05) is 41.2 Å². The van der Waals surface area contributed by atoms with E-state index in [0.29, 0.717) is 5.92 Å². The average molecular weight is 296 g/mol. The van der Waals surface area contributed by atoms with Gasteiger partial charge in [-0.3, -0.25) is 4.90 Å². The van der Waals surface area contributed by atoms with Gasteiger partial charge in [-0.15, -0.1) is 0 Å². The minimum atomic E-state index is -0.623. The fourth-order valence-electron chi connectivity index (χ4n) is 3.35. The summed E-state index contributed by atoms with van der Waals surface area (Å²) < 4.78 is 11.3. The molecule has 21 heavy (non-hydrogen) atoms. The highest BCUT2D eigenvalue weighted by Gasteiger charge is 2.46. The van der Waals surface area contributed by atoms with Crippen molar-refractivity contribution in [2.24, 2.45) is 5.92 Å². The van der Waals surface area contributed by atoms with Gasteiger partial charge in [0.2, 0.25) is 0 Å². The molecule has 4 nitrogen and oxygen atoms in total. The average Bonchev–Trinajstić information content (AvgIpc) is 2.63.